The lowest BCUT2D eigenvalue weighted by atomic mass is 10.1. The van der Waals surface area contributed by atoms with Crippen molar-refractivity contribution in [1.29, 1.82) is 0 Å². The molecule has 3 aromatic carbocycles. The minimum atomic E-state index is -4.42. The second kappa shape index (κ2) is 9.31. The summed E-state index contributed by atoms with van der Waals surface area (Å²) in [5.41, 5.74) is 2.89. The van der Waals surface area contributed by atoms with Crippen molar-refractivity contribution in [3.05, 3.63) is 94.5 Å². The molecule has 0 saturated heterocycles. The highest BCUT2D eigenvalue weighted by Gasteiger charge is 2.33. The maximum atomic E-state index is 12.9. The highest BCUT2D eigenvalue weighted by molar-refractivity contribution is 7.99. The number of rotatable bonds is 7. The number of amides is 1. The summed E-state index contributed by atoms with van der Waals surface area (Å²) in [6, 6.07) is 17.6. The van der Waals surface area contributed by atoms with Crippen molar-refractivity contribution in [1.82, 2.24) is 0 Å². The van der Waals surface area contributed by atoms with Crippen LogP contribution in [0.5, 0.6) is 0 Å². The summed E-state index contributed by atoms with van der Waals surface area (Å²) in [7, 11) is 0. The summed E-state index contributed by atoms with van der Waals surface area (Å²) in [5.74, 6) is -0.362. The zero-order chi connectivity index (χ0) is 23.6. The molecule has 1 aliphatic heterocycles. The third kappa shape index (κ3) is 5.22. The van der Waals surface area contributed by atoms with Crippen LogP contribution in [-0.2, 0) is 30.4 Å². The van der Waals surface area contributed by atoms with E-state index in [1.165, 1.54) is 17.0 Å². The molecule has 0 bridgehead atoms. The molecule has 0 aromatic heterocycles. The molecule has 0 unspecified atom stereocenters. The quantitative estimate of drug-likeness (QED) is 0.441. The Bertz CT molecular complexity index is 1190. The maximum Gasteiger partial charge on any atom is 0.416 e. The van der Waals surface area contributed by atoms with Crippen molar-refractivity contribution >= 4 is 29.3 Å². The van der Waals surface area contributed by atoms with Gasteiger partial charge in [-0.1, -0.05) is 30.3 Å². The molecule has 4 nitrogen and oxygen atoms in total. The lowest BCUT2D eigenvalue weighted by molar-refractivity contribution is -0.138. The van der Waals surface area contributed by atoms with Gasteiger partial charge in [0.2, 0.25) is 0 Å². The molecular weight excluding hydrogens is 451 g/mol. The number of carboxylic acids is 1. The number of anilines is 1. The summed E-state index contributed by atoms with van der Waals surface area (Å²) in [6.07, 6.45) is -3.71. The van der Waals surface area contributed by atoms with Crippen molar-refractivity contribution in [3.63, 3.8) is 0 Å². The molecule has 1 heterocycles. The number of carbonyl (C=O) groups is 2. The van der Waals surface area contributed by atoms with Crippen molar-refractivity contribution in [2.45, 2.75) is 30.5 Å². The first-order valence-corrected chi connectivity index (χ1v) is 11.2. The Morgan fingerprint density at radius 1 is 1.00 bits per heavy atom. The van der Waals surface area contributed by atoms with E-state index in [0.717, 1.165) is 45.9 Å². The van der Waals surface area contributed by atoms with Crippen molar-refractivity contribution in [2.24, 2.45) is 0 Å². The molecule has 4 rings (SSSR count). The van der Waals surface area contributed by atoms with Gasteiger partial charge in [-0.2, -0.15) is 13.2 Å². The lowest BCUT2D eigenvalue weighted by Gasteiger charge is -2.17. The van der Waals surface area contributed by atoms with Gasteiger partial charge in [0.05, 0.1) is 18.5 Å². The highest BCUT2D eigenvalue weighted by atomic mass is 32.2. The number of fused-ring (bicyclic) bond motifs is 1. The summed E-state index contributed by atoms with van der Waals surface area (Å²) in [6.45, 7) is 0.302. The SMILES string of the molecule is O=C(O)Cc1cccc(CCSc2cccc3c2CN(c2ccc(C(F)(F)F)cc2)C3=O)c1. The van der Waals surface area contributed by atoms with Gasteiger partial charge in [-0.3, -0.25) is 9.59 Å². The van der Waals surface area contributed by atoms with Gasteiger partial charge < -0.3 is 10.0 Å². The molecule has 1 amide bonds. The van der Waals surface area contributed by atoms with E-state index in [1.54, 1.807) is 23.9 Å². The Labute approximate surface area is 193 Å². The van der Waals surface area contributed by atoms with E-state index in [0.29, 0.717) is 17.8 Å². The highest BCUT2D eigenvalue weighted by Crippen LogP contribution is 2.36. The summed E-state index contributed by atoms with van der Waals surface area (Å²) in [4.78, 5) is 26.3. The third-order valence-corrected chi connectivity index (χ3v) is 6.53. The van der Waals surface area contributed by atoms with E-state index in [1.807, 2.05) is 30.3 Å². The van der Waals surface area contributed by atoms with Gasteiger partial charge in [-0.15, -0.1) is 11.8 Å². The number of nitrogens with zero attached hydrogens (tertiary/aromatic N) is 1. The van der Waals surface area contributed by atoms with Crippen molar-refractivity contribution in [2.75, 3.05) is 10.7 Å². The molecule has 8 heteroatoms. The van der Waals surface area contributed by atoms with E-state index in [-0.39, 0.29) is 12.3 Å². The second-order valence-electron chi connectivity index (χ2n) is 7.71. The average Bonchev–Trinajstić information content (AvgIpc) is 3.10. The monoisotopic (exact) mass is 471 g/mol. The lowest BCUT2D eigenvalue weighted by Crippen LogP contribution is -2.23. The summed E-state index contributed by atoms with van der Waals surface area (Å²) < 4.78 is 38.6. The number of aryl methyl sites for hydroxylation is 1. The number of alkyl halides is 3. The Kier molecular flexibility index (Phi) is 6.47. The molecule has 3 aromatic rings. The van der Waals surface area contributed by atoms with E-state index in [2.05, 4.69) is 0 Å². The maximum absolute atomic E-state index is 12.9. The Morgan fingerprint density at radius 3 is 2.39 bits per heavy atom. The Morgan fingerprint density at radius 2 is 1.70 bits per heavy atom. The van der Waals surface area contributed by atoms with Gasteiger partial charge in [-0.25, -0.2) is 0 Å². The number of carboxylic acid groups (broad SMARTS) is 1. The third-order valence-electron chi connectivity index (χ3n) is 5.43. The normalized spacial score (nSPS) is 13.3. The molecule has 170 valence electrons. The zero-order valence-corrected chi connectivity index (χ0v) is 18.2. The van der Waals surface area contributed by atoms with Crippen LogP contribution in [0.15, 0.2) is 71.6 Å². The first-order chi connectivity index (χ1) is 15.7. The molecule has 0 atom stereocenters. The fourth-order valence-electron chi connectivity index (χ4n) is 3.83. The first kappa shape index (κ1) is 22.9. The minimum absolute atomic E-state index is 0.0188. The average molecular weight is 472 g/mol. The van der Waals surface area contributed by atoms with E-state index >= 15 is 0 Å². The van der Waals surface area contributed by atoms with Crippen LogP contribution < -0.4 is 4.90 Å². The first-order valence-electron chi connectivity index (χ1n) is 10.3. The predicted molar refractivity (Wildman–Crippen MR) is 121 cm³/mol. The summed E-state index contributed by atoms with van der Waals surface area (Å²) in [5, 5.41) is 8.96. The van der Waals surface area contributed by atoms with Crippen LogP contribution in [0, 0.1) is 0 Å². The number of benzene rings is 3. The standard InChI is InChI=1S/C25H20F3NO3S/c26-25(27,28)18-7-9-19(10-8-18)29-15-21-20(24(29)32)5-2-6-22(21)33-12-11-16-3-1-4-17(13-16)14-23(30)31/h1-10,13H,11-12,14-15H2,(H,30,31). The van der Waals surface area contributed by atoms with Crippen LogP contribution in [0.25, 0.3) is 0 Å². The fourth-order valence-corrected chi connectivity index (χ4v) is 4.91. The predicted octanol–water partition coefficient (Wildman–Crippen LogP) is 5.83. The van der Waals surface area contributed by atoms with E-state index < -0.39 is 17.7 Å². The topological polar surface area (TPSA) is 57.6 Å². The largest absolute Gasteiger partial charge is 0.481 e. The van der Waals surface area contributed by atoms with Gasteiger partial charge in [0.25, 0.3) is 5.91 Å². The van der Waals surface area contributed by atoms with Crippen molar-refractivity contribution in [3.8, 4) is 0 Å². The van der Waals surface area contributed by atoms with Gasteiger partial charge in [0, 0.05) is 21.9 Å². The number of carbonyl (C=O) groups excluding carboxylic acids is 1. The Balaban J connectivity index is 1.45. The molecule has 0 saturated carbocycles. The minimum Gasteiger partial charge on any atom is -0.481 e. The number of hydrogen-bond donors (Lipinski definition) is 1. The van der Waals surface area contributed by atoms with Gasteiger partial charge in [0.1, 0.15) is 0 Å². The molecule has 0 spiro atoms. The molecular formula is C25H20F3NO3S. The van der Waals surface area contributed by atoms with Crippen LogP contribution in [-0.4, -0.2) is 22.7 Å². The van der Waals surface area contributed by atoms with Crippen LogP contribution in [0.1, 0.15) is 32.6 Å². The fraction of sp³-hybridized carbons (Fsp3) is 0.200. The smallest absolute Gasteiger partial charge is 0.416 e. The van der Waals surface area contributed by atoms with Crippen LogP contribution in [0.3, 0.4) is 0 Å². The summed E-state index contributed by atoms with van der Waals surface area (Å²) >= 11 is 1.60. The number of thioether (sulfide) groups is 1. The van der Waals surface area contributed by atoms with Gasteiger partial charge in [-0.05, 0) is 59.5 Å². The van der Waals surface area contributed by atoms with Crippen LogP contribution in [0.4, 0.5) is 18.9 Å². The molecule has 33 heavy (non-hydrogen) atoms. The van der Waals surface area contributed by atoms with E-state index in [9.17, 15) is 22.8 Å². The number of halogens is 3. The molecule has 0 fully saturated rings. The molecule has 1 N–H and O–H groups in total. The van der Waals surface area contributed by atoms with Crippen LogP contribution in [0.2, 0.25) is 0 Å². The van der Waals surface area contributed by atoms with Crippen molar-refractivity contribution < 1.29 is 27.9 Å². The Hall–Kier alpha value is -3.26. The number of aliphatic carboxylic acids is 1. The molecule has 1 aliphatic rings. The van der Waals surface area contributed by atoms with Crippen LogP contribution >= 0.6 is 11.8 Å². The van der Waals surface area contributed by atoms with Gasteiger partial charge in [0.15, 0.2) is 0 Å². The van der Waals surface area contributed by atoms with Gasteiger partial charge >= 0.3 is 12.1 Å². The zero-order valence-electron chi connectivity index (χ0n) is 17.4. The molecule has 0 aliphatic carbocycles. The second-order valence-corrected chi connectivity index (χ2v) is 8.84. The van der Waals surface area contributed by atoms with E-state index in [4.69, 9.17) is 5.11 Å². The molecule has 0 radical (unpaired) electrons. The number of hydrogen-bond acceptors (Lipinski definition) is 3.